The highest BCUT2D eigenvalue weighted by Gasteiger charge is 2.31. The molecule has 1 aromatic carbocycles. The van der Waals surface area contributed by atoms with Gasteiger partial charge in [0, 0.05) is 16.1 Å². The zero-order valence-corrected chi connectivity index (χ0v) is 10.1. The van der Waals surface area contributed by atoms with Crippen molar-refractivity contribution in [3.05, 3.63) is 34.6 Å². The van der Waals surface area contributed by atoms with Gasteiger partial charge in [0.1, 0.15) is 5.82 Å². The van der Waals surface area contributed by atoms with Crippen LogP contribution in [0.15, 0.2) is 18.2 Å². The minimum atomic E-state index is -0.616. The van der Waals surface area contributed by atoms with Crippen LogP contribution in [0, 0.1) is 11.7 Å². The Morgan fingerprint density at radius 3 is 2.47 bits per heavy atom. The number of halogens is 2. The lowest BCUT2D eigenvalue weighted by Gasteiger charge is -2.33. The van der Waals surface area contributed by atoms with Crippen LogP contribution in [0.2, 0.25) is 5.02 Å². The van der Waals surface area contributed by atoms with Crippen molar-refractivity contribution in [2.24, 2.45) is 11.7 Å². The Balaban J connectivity index is 3.24. The van der Waals surface area contributed by atoms with Gasteiger partial charge in [-0.1, -0.05) is 38.4 Å². The van der Waals surface area contributed by atoms with E-state index in [-0.39, 0.29) is 11.7 Å². The maximum atomic E-state index is 13.7. The highest BCUT2D eigenvalue weighted by atomic mass is 35.5. The molecule has 1 rings (SSSR count). The van der Waals surface area contributed by atoms with Crippen molar-refractivity contribution in [3.8, 4) is 0 Å². The van der Waals surface area contributed by atoms with E-state index in [0.29, 0.717) is 17.0 Å². The van der Waals surface area contributed by atoms with E-state index in [1.807, 2.05) is 20.8 Å². The highest BCUT2D eigenvalue weighted by molar-refractivity contribution is 6.30. The van der Waals surface area contributed by atoms with Crippen LogP contribution in [0.5, 0.6) is 0 Å². The van der Waals surface area contributed by atoms with Gasteiger partial charge in [0.15, 0.2) is 0 Å². The van der Waals surface area contributed by atoms with Crippen molar-refractivity contribution < 1.29 is 4.39 Å². The maximum absolute atomic E-state index is 13.7. The normalized spacial score (nSPS) is 15.4. The van der Waals surface area contributed by atoms with Crippen molar-refractivity contribution in [3.63, 3.8) is 0 Å². The van der Waals surface area contributed by atoms with Gasteiger partial charge in [0.05, 0.1) is 0 Å². The monoisotopic (exact) mass is 229 g/mol. The van der Waals surface area contributed by atoms with Crippen LogP contribution >= 0.6 is 11.6 Å². The van der Waals surface area contributed by atoms with Gasteiger partial charge in [-0.05, 0) is 24.5 Å². The summed E-state index contributed by atoms with van der Waals surface area (Å²) in [6.07, 6.45) is 0.698. The summed E-state index contributed by atoms with van der Waals surface area (Å²) in [6.45, 7) is 5.96. The molecule has 0 fully saturated rings. The minimum Gasteiger partial charge on any atom is -0.321 e. The Morgan fingerprint density at radius 2 is 2.07 bits per heavy atom. The quantitative estimate of drug-likeness (QED) is 0.841. The van der Waals surface area contributed by atoms with E-state index in [9.17, 15) is 4.39 Å². The SMILES string of the molecule is CCC(N)(c1ccc(Cl)cc1F)C(C)C. The topological polar surface area (TPSA) is 26.0 Å². The summed E-state index contributed by atoms with van der Waals surface area (Å²) in [5.74, 6) is -0.140. The molecule has 1 unspecified atom stereocenters. The largest absolute Gasteiger partial charge is 0.321 e. The molecule has 3 heteroatoms. The second-order valence-electron chi connectivity index (χ2n) is 4.17. The third-order valence-corrected chi connectivity index (χ3v) is 3.28. The number of benzene rings is 1. The first-order chi connectivity index (χ1) is 6.91. The average Bonchev–Trinajstić information content (AvgIpc) is 2.16. The Bertz CT molecular complexity index is 351. The van der Waals surface area contributed by atoms with Gasteiger partial charge in [0.25, 0.3) is 0 Å². The Hall–Kier alpha value is -0.600. The van der Waals surface area contributed by atoms with E-state index in [2.05, 4.69) is 0 Å². The minimum absolute atomic E-state index is 0.179. The first-order valence-corrected chi connectivity index (χ1v) is 5.54. The van der Waals surface area contributed by atoms with Gasteiger partial charge in [-0.15, -0.1) is 0 Å². The molecule has 0 radical (unpaired) electrons. The molecular formula is C12H17ClFN. The Morgan fingerprint density at radius 1 is 1.47 bits per heavy atom. The summed E-state index contributed by atoms with van der Waals surface area (Å²) in [4.78, 5) is 0. The maximum Gasteiger partial charge on any atom is 0.129 e. The molecule has 2 N–H and O–H groups in total. The van der Waals surface area contributed by atoms with Crippen LogP contribution < -0.4 is 5.73 Å². The first-order valence-electron chi connectivity index (χ1n) is 5.16. The van der Waals surface area contributed by atoms with Crippen molar-refractivity contribution >= 4 is 11.6 Å². The molecule has 1 atom stereocenters. The number of rotatable bonds is 3. The van der Waals surface area contributed by atoms with Crippen LogP contribution in [-0.4, -0.2) is 0 Å². The molecule has 0 aliphatic rings. The third-order valence-electron chi connectivity index (χ3n) is 3.05. The lowest BCUT2D eigenvalue weighted by molar-refractivity contribution is 0.295. The molecule has 15 heavy (non-hydrogen) atoms. The second-order valence-corrected chi connectivity index (χ2v) is 4.61. The van der Waals surface area contributed by atoms with E-state index in [0.717, 1.165) is 0 Å². The fourth-order valence-corrected chi connectivity index (χ4v) is 1.94. The molecular weight excluding hydrogens is 213 g/mol. The van der Waals surface area contributed by atoms with Gasteiger partial charge in [-0.25, -0.2) is 4.39 Å². The summed E-state index contributed by atoms with van der Waals surface area (Å²) in [7, 11) is 0. The summed E-state index contributed by atoms with van der Waals surface area (Å²) in [6, 6.07) is 4.68. The van der Waals surface area contributed by atoms with Gasteiger partial charge >= 0.3 is 0 Å². The standard InChI is InChI=1S/C12H17ClFN/c1-4-12(15,8(2)3)10-6-5-9(13)7-11(10)14/h5-8H,4,15H2,1-3H3. The highest BCUT2D eigenvalue weighted by Crippen LogP contribution is 2.32. The molecule has 0 saturated carbocycles. The van der Waals surface area contributed by atoms with Crippen LogP contribution in [0.25, 0.3) is 0 Å². The average molecular weight is 230 g/mol. The van der Waals surface area contributed by atoms with Gasteiger partial charge in [-0.2, -0.15) is 0 Å². The molecule has 0 amide bonds. The van der Waals surface area contributed by atoms with Crippen LogP contribution in [-0.2, 0) is 5.54 Å². The Kier molecular flexibility index (Phi) is 3.74. The predicted molar refractivity (Wildman–Crippen MR) is 62.4 cm³/mol. The van der Waals surface area contributed by atoms with Crippen LogP contribution in [0.3, 0.4) is 0 Å². The third kappa shape index (κ3) is 2.32. The summed E-state index contributed by atoms with van der Waals surface area (Å²) >= 11 is 5.71. The molecule has 1 aromatic rings. The van der Waals surface area contributed by atoms with E-state index >= 15 is 0 Å². The summed E-state index contributed by atoms with van der Waals surface area (Å²) in [5.41, 5.74) is 6.16. The van der Waals surface area contributed by atoms with Crippen molar-refractivity contribution in [2.75, 3.05) is 0 Å². The fraction of sp³-hybridized carbons (Fsp3) is 0.500. The van der Waals surface area contributed by atoms with Crippen molar-refractivity contribution in [1.82, 2.24) is 0 Å². The number of hydrogen-bond donors (Lipinski definition) is 1. The van der Waals surface area contributed by atoms with Crippen LogP contribution in [0.1, 0.15) is 32.8 Å². The number of hydrogen-bond acceptors (Lipinski definition) is 1. The molecule has 0 bridgehead atoms. The summed E-state index contributed by atoms with van der Waals surface area (Å²) < 4.78 is 13.7. The molecule has 0 spiro atoms. The van der Waals surface area contributed by atoms with Gasteiger partial charge < -0.3 is 5.73 Å². The lowest BCUT2D eigenvalue weighted by Crippen LogP contribution is -2.42. The Labute approximate surface area is 95.4 Å². The smallest absolute Gasteiger partial charge is 0.129 e. The second kappa shape index (κ2) is 4.50. The number of nitrogens with two attached hydrogens (primary N) is 1. The van der Waals surface area contributed by atoms with E-state index in [4.69, 9.17) is 17.3 Å². The fourth-order valence-electron chi connectivity index (χ4n) is 1.78. The summed E-state index contributed by atoms with van der Waals surface area (Å²) in [5, 5.41) is 0.401. The molecule has 1 nitrogen and oxygen atoms in total. The molecule has 84 valence electrons. The molecule has 0 heterocycles. The van der Waals surface area contributed by atoms with Crippen LogP contribution in [0.4, 0.5) is 4.39 Å². The van der Waals surface area contributed by atoms with Gasteiger partial charge in [0.2, 0.25) is 0 Å². The first kappa shape index (κ1) is 12.5. The lowest BCUT2D eigenvalue weighted by atomic mass is 9.78. The van der Waals surface area contributed by atoms with Gasteiger partial charge in [-0.3, -0.25) is 0 Å². The van der Waals surface area contributed by atoms with Crippen molar-refractivity contribution in [2.45, 2.75) is 32.7 Å². The van der Waals surface area contributed by atoms with E-state index in [1.165, 1.54) is 6.07 Å². The zero-order valence-electron chi connectivity index (χ0n) is 9.35. The van der Waals surface area contributed by atoms with Crippen molar-refractivity contribution in [1.29, 1.82) is 0 Å². The zero-order chi connectivity index (χ0) is 11.6. The molecule has 0 aliphatic carbocycles. The predicted octanol–water partition coefficient (Wildman–Crippen LogP) is 3.70. The van der Waals surface area contributed by atoms with E-state index in [1.54, 1.807) is 12.1 Å². The molecule has 0 saturated heterocycles. The van der Waals surface area contributed by atoms with E-state index < -0.39 is 5.54 Å². The molecule has 0 aliphatic heterocycles. The molecule has 0 aromatic heterocycles.